The molecule has 2 aromatic rings. The van der Waals surface area contributed by atoms with Crippen LogP contribution in [0.15, 0.2) is 54.1 Å². The summed E-state index contributed by atoms with van der Waals surface area (Å²) >= 11 is 0. The summed E-state index contributed by atoms with van der Waals surface area (Å²) in [6, 6.07) is 11.7. The molecule has 2 N–H and O–H groups in total. The topological polar surface area (TPSA) is 130 Å². The Kier molecular flexibility index (Phi) is 7.48. The van der Waals surface area contributed by atoms with E-state index in [1.54, 1.807) is 0 Å². The summed E-state index contributed by atoms with van der Waals surface area (Å²) in [7, 11) is 0. The molecule has 1 saturated heterocycles. The van der Waals surface area contributed by atoms with E-state index >= 15 is 0 Å². The van der Waals surface area contributed by atoms with E-state index < -0.39 is 28.4 Å². The van der Waals surface area contributed by atoms with Crippen LogP contribution in [0, 0.1) is 10.1 Å². The normalized spacial score (nSPS) is 17.9. The third kappa shape index (κ3) is 5.16. The van der Waals surface area contributed by atoms with Crippen LogP contribution in [0.4, 0.5) is 5.69 Å². The third-order valence-corrected chi connectivity index (χ3v) is 5.70. The molecule has 0 spiro atoms. The highest BCUT2D eigenvalue weighted by Crippen LogP contribution is 2.40. The number of ketones is 1. The molecule has 0 aromatic heterocycles. The second-order valence-corrected chi connectivity index (χ2v) is 9.00. The van der Waals surface area contributed by atoms with Crippen molar-refractivity contribution in [2.24, 2.45) is 0 Å². The summed E-state index contributed by atoms with van der Waals surface area (Å²) in [5, 5.41) is 30.9. The SMILES string of the molecule is CC(C)(C)c1ccc([C@H]2C(=C(O)c3ccc([N+](=O)[O-])cc3)C(=O)C(=O)N2CCOCCO)cc1. The number of hydrogen-bond donors (Lipinski definition) is 2. The molecule has 1 heterocycles. The van der Waals surface area contributed by atoms with Gasteiger partial charge in [-0.1, -0.05) is 45.0 Å². The number of nitro benzene ring substituents is 1. The number of benzene rings is 2. The number of carbonyl (C=O) groups is 2. The lowest BCUT2D eigenvalue weighted by Crippen LogP contribution is -2.33. The van der Waals surface area contributed by atoms with E-state index in [-0.39, 0.29) is 48.6 Å². The highest BCUT2D eigenvalue weighted by Gasteiger charge is 2.46. The zero-order valence-corrected chi connectivity index (χ0v) is 19.4. The van der Waals surface area contributed by atoms with Crippen LogP contribution in [0.1, 0.15) is 43.5 Å². The van der Waals surface area contributed by atoms with Crippen LogP contribution < -0.4 is 0 Å². The smallest absolute Gasteiger partial charge is 0.295 e. The van der Waals surface area contributed by atoms with Crippen LogP contribution in [0.3, 0.4) is 0 Å². The van der Waals surface area contributed by atoms with Gasteiger partial charge in [0.25, 0.3) is 17.4 Å². The van der Waals surface area contributed by atoms with Crippen molar-refractivity contribution in [2.75, 3.05) is 26.4 Å². The van der Waals surface area contributed by atoms with E-state index in [1.807, 2.05) is 24.3 Å². The van der Waals surface area contributed by atoms with Gasteiger partial charge >= 0.3 is 0 Å². The molecule has 1 atom stereocenters. The lowest BCUT2D eigenvalue weighted by atomic mass is 9.85. The minimum absolute atomic E-state index is 0.0767. The number of Topliss-reactive ketones (excluding diaryl/α,β-unsaturated/α-hetero) is 1. The fourth-order valence-electron chi connectivity index (χ4n) is 3.85. The number of amides is 1. The maximum absolute atomic E-state index is 13.0. The van der Waals surface area contributed by atoms with Gasteiger partial charge in [-0.15, -0.1) is 0 Å². The Balaban J connectivity index is 2.07. The number of nitro groups is 1. The number of rotatable bonds is 8. The van der Waals surface area contributed by atoms with Gasteiger partial charge in [-0.3, -0.25) is 19.7 Å². The summed E-state index contributed by atoms with van der Waals surface area (Å²) in [5.74, 6) is -2.03. The Morgan fingerprint density at radius 1 is 1.06 bits per heavy atom. The Morgan fingerprint density at radius 3 is 2.21 bits per heavy atom. The summed E-state index contributed by atoms with van der Waals surface area (Å²) in [4.78, 5) is 37.6. The number of ether oxygens (including phenoxy) is 1. The Labute approximate surface area is 197 Å². The fraction of sp³-hybridized carbons (Fsp3) is 0.360. The minimum atomic E-state index is -0.859. The minimum Gasteiger partial charge on any atom is -0.507 e. The van der Waals surface area contributed by atoms with Crippen molar-refractivity contribution in [1.82, 2.24) is 4.90 Å². The molecular formula is C25H28N2O7. The van der Waals surface area contributed by atoms with Crippen LogP contribution in [0.2, 0.25) is 0 Å². The molecule has 1 amide bonds. The van der Waals surface area contributed by atoms with Crippen molar-refractivity contribution in [3.05, 3.63) is 80.9 Å². The first-order valence-electron chi connectivity index (χ1n) is 10.9. The van der Waals surface area contributed by atoms with E-state index in [4.69, 9.17) is 9.84 Å². The maximum Gasteiger partial charge on any atom is 0.295 e. The summed E-state index contributed by atoms with van der Waals surface area (Å²) in [6.07, 6.45) is 0. The number of likely N-dealkylation sites (tertiary alicyclic amines) is 1. The standard InChI is InChI=1S/C25H28N2O7/c1-25(2,3)18-8-4-16(5-9-18)21-20(22(29)17-6-10-19(11-7-17)27(32)33)23(30)24(31)26(21)12-14-34-15-13-28/h4-11,21,28-29H,12-15H2,1-3H3/t21-/m0/s1. The average Bonchev–Trinajstić information content (AvgIpc) is 3.06. The Morgan fingerprint density at radius 2 is 1.68 bits per heavy atom. The molecule has 0 unspecified atom stereocenters. The van der Waals surface area contributed by atoms with Crippen molar-refractivity contribution >= 4 is 23.1 Å². The van der Waals surface area contributed by atoms with Crippen LogP contribution in [0.5, 0.6) is 0 Å². The molecular weight excluding hydrogens is 440 g/mol. The summed E-state index contributed by atoms with van der Waals surface area (Å²) in [6.45, 7) is 6.31. The quantitative estimate of drug-likeness (QED) is 0.152. The van der Waals surface area contributed by atoms with Gasteiger partial charge in [-0.25, -0.2) is 0 Å². The van der Waals surface area contributed by atoms with Gasteiger partial charge in [0.2, 0.25) is 0 Å². The number of non-ortho nitro benzene ring substituents is 1. The second-order valence-electron chi connectivity index (χ2n) is 9.00. The van der Waals surface area contributed by atoms with Crippen LogP contribution in [-0.2, 0) is 19.7 Å². The van der Waals surface area contributed by atoms with Gasteiger partial charge < -0.3 is 19.8 Å². The first-order chi connectivity index (χ1) is 16.1. The van der Waals surface area contributed by atoms with Crippen LogP contribution in [0.25, 0.3) is 5.76 Å². The maximum atomic E-state index is 13.0. The van der Waals surface area contributed by atoms with Gasteiger partial charge in [0, 0.05) is 24.2 Å². The number of nitrogens with zero attached hydrogens (tertiary/aromatic N) is 2. The predicted octanol–water partition coefficient (Wildman–Crippen LogP) is 3.32. The molecule has 34 heavy (non-hydrogen) atoms. The monoisotopic (exact) mass is 468 g/mol. The van der Waals surface area contributed by atoms with Crippen molar-refractivity contribution in [3.8, 4) is 0 Å². The van der Waals surface area contributed by atoms with Crippen molar-refractivity contribution < 1.29 is 29.5 Å². The van der Waals surface area contributed by atoms with E-state index in [0.717, 1.165) is 5.56 Å². The fourth-order valence-corrected chi connectivity index (χ4v) is 3.85. The zero-order valence-electron chi connectivity index (χ0n) is 19.4. The van der Waals surface area contributed by atoms with Gasteiger partial charge in [-0.2, -0.15) is 0 Å². The highest BCUT2D eigenvalue weighted by atomic mass is 16.6. The van der Waals surface area contributed by atoms with Gasteiger partial charge in [0.15, 0.2) is 0 Å². The van der Waals surface area contributed by atoms with Crippen molar-refractivity contribution in [2.45, 2.75) is 32.2 Å². The molecule has 1 aliphatic rings. The third-order valence-electron chi connectivity index (χ3n) is 5.70. The number of hydrogen-bond acceptors (Lipinski definition) is 7. The molecule has 3 rings (SSSR count). The van der Waals surface area contributed by atoms with E-state index in [1.165, 1.54) is 29.2 Å². The van der Waals surface area contributed by atoms with Crippen molar-refractivity contribution in [1.29, 1.82) is 0 Å². The molecule has 0 saturated carbocycles. The average molecular weight is 469 g/mol. The number of carbonyl (C=O) groups excluding carboxylic acids is 2. The van der Waals surface area contributed by atoms with Crippen LogP contribution >= 0.6 is 0 Å². The molecule has 1 fully saturated rings. The molecule has 2 aromatic carbocycles. The lowest BCUT2D eigenvalue weighted by molar-refractivity contribution is -0.384. The largest absolute Gasteiger partial charge is 0.507 e. The number of aliphatic hydroxyl groups is 2. The van der Waals surface area contributed by atoms with Gasteiger partial charge in [0.1, 0.15) is 5.76 Å². The van der Waals surface area contributed by atoms with Crippen molar-refractivity contribution in [3.63, 3.8) is 0 Å². The predicted molar refractivity (Wildman–Crippen MR) is 125 cm³/mol. The molecule has 0 aliphatic carbocycles. The molecule has 9 nitrogen and oxygen atoms in total. The zero-order chi connectivity index (χ0) is 25.0. The Bertz CT molecular complexity index is 1100. The van der Waals surface area contributed by atoms with E-state index in [0.29, 0.717) is 5.56 Å². The molecule has 9 heteroatoms. The first-order valence-corrected chi connectivity index (χ1v) is 10.9. The van der Waals surface area contributed by atoms with Gasteiger partial charge in [0.05, 0.1) is 36.4 Å². The molecule has 1 aliphatic heterocycles. The molecule has 180 valence electrons. The number of aliphatic hydroxyl groups excluding tert-OH is 2. The van der Waals surface area contributed by atoms with E-state index in [9.17, 15) is 24.8 Å². The van der Waals surface area contributed by atoms with Gasteiger partial charge in [-0.05, 0) is 28.7 Å². The second kappa shape index (κ2) is 10.1. The Hall–Kier alpha value is -3.56. The summed E-state index contributed by atoms with van der Waals surface area (Å²) < 4.78 is 5.29. The highest BCUT2D eigenvalue weighted by molar-refractivity contribution is 6.46. The van der Waals surface area contributed by atoms with Crippen LogP contribution in [-0.4, -0.2) is 58.1 Å². The lowest BCUT2D eigenvalue weighted by Gasteiger charge is -2.26. The molecule has 0 bridgehead atoms. The first kappa shape index (κ1) is 25.1. The molecule has 0 radical (unpaired) electrons. The van der Waals surface area contributed by atoms with E-state index in [2.05, 4.69) is 20.8 Å². The summed E-state index contributed by atoms with van der Waals surface area (Å²) in [5.41, 5.74) is 1.54.